The molecule has 1 aromatic heterocycles. The van der Waals surface area contributed by atoms with Crippen molar-refractivity contribution in [2.45, 2.75) is 38.6 Å². The van der Waals surface area contributed by atoms with Gasteiger partial charge in [-0.15, -0.1) is 5.10 Å². The van der Waals surface area contributed by atoms with Gasteiger partial charge in [0.25, 0.3) is 0 Å². The van der Waals surface area contributed by atoms with Crippen molar-refractivity contribution in [2.75, 3.05) is 18.0 Å². The van der Waals surface area contributed by atoms with Gasteiger partial charge in [0.05, 0.1) is 0 Å². The minimum atomic E-state index is 0.0209. The molecule has 1 saturated heterocycles. The van der Waals surface area contributed by atoms with Gasteiger partial charge in [0, 0.05) is 24.5 Å². The van der Waals surface area contributed by atoms with Gasteiger partial charge in [0.15, 0.2) is 0 Å². The normalized spacial score (nSPS) is 22.4. The van der Waals surface area contributed by atoms with Gasteiger partial charge in [-0.25, -0.2) is 0 Å². The Hall–Kier alpha value is -1.10. The minimum Gasteiger partial charge on any atom is -0.338 e. The number of rotatable bonds is 1. The van der Waals surface area contributed by atoms with Crippen LogP contribution in [-0.4, -0.2) is 34.3 Å². The van der Waals surface area contributed by atoms with Crippen LogP contribution in [0.1, 0.15) is 33.0 Å². The standard InChI is InChI=1S/C10H19N5/c1-10(2,3)8-12-9(14-13-8)15-5-4-7(11)6-15/h7H,4-6,11H2,1-3H3,(H,12,13,14). The van der Waals surface area contributed by atoms with E-state index in [0.717, 1.165) is 31.3 Å². The summed E-state index contributed by atoms with van der Waals surface area (Å²) in [7, 11) is 0. The van der Waals surface area contributed by atoms with Gasteiger partial charge in [-0.2, -0.15) is 4.98 Å². The lowest BCUT2D eigenvalue weighted by Gasteiger charge is -2.14. The maximum Gasteiger partial charge on any atom is 0.244 e. The third-order valence-corrected chi connectivity index (χ3v) is 2.69. The van der Waals surface area contributed by atoms with E-state index in [1.807, 2.05) is 0 Å². The fourth-order valence-corrected chi connectivity index (χ4v) is 1.70. The average Bonchev–Trinajstić information content (AvgIpc) is 2.69. The number of nitrogens with one attached hydrogen (secondary N) is 1. The first kappa shape index (κ1) is 10.4. The number of H-pyrrole nitrogens is 1. The van der Waals surface area contributed by atoms with Crippen LogP contribution in [0.15, 0.2) is 0 Å². The summed E-state index contributed by atoms with van der Waals surface area (Å²) in [5, 5.41) is 7.23. The van der Waals surface area contributed by atoms with Crippen LogP contribution in [0.4, 0.5) is 5.95 Å². The van der Waals surface area contributed by atoms with E-state index in [1.165, 1.54) is 0 Å². The molecule has 2 heterocycles. The first-order valence-electron chi connectivity index (χ1n) is 5.40. The highest BCUT2D eigenvalue weighted by Crippen LogP contribution is 2.21. The van der Waals surface area contributed by atoms with E-state index >= 15 is 0 Å². The molecule has 5 nitrogen and oxygen atoms in total. The van der Waals surface area contributed by atoms with Gasteiger partial charge < -0.3 is 10.6 Å². The molecule has 1 unspecified atom stereocenters. The molecule has 0 bridgehead atoms. The molecule has 84 valence electrons. The fraction of sp³-hybridized carbons (Fsp3) is 0.800. The van der Waals surface area contributed by atoms with Gasteiger partial charge >= 0.3 is 0 Å². The molecule has 1 fully saturated rings. The molecular formula is C10H19N5. The Morgan fingerprint density at radius 2 is 2.20 bits per heavy atom. The SMILES string of the molecule is CC(C)(C)c1nc(N2CCC(N)C2)n[nH]1. The highest BCUT2D eigenvalue weighted by atomic mass is 15.4. The molecule has 0 amide bonds. The first-order valence-corrected chi connectivity index (χ1v) is 5.40. The number of nitrogens with two attached hydrogens (primary N) is 1. The molecule has 0 aliphatic carbocycles. The maximum absolute atomic E-state index is 5.85. The summed E-state index contributed by atoms with van der Waals surface area (Å²) in [6.45, 7) is 8.18. The summed E-state index contributed by atoms with van der Waals surface area (Å²) >= 11 is 0. The van der Waals surface area contributed by atoms with Gasteiger partial charge in [-0.1, -0.05) is 20.8 Å². The average molecular weight is 209 g/mol. The van der Waals surface area contributed by atoms with E-state index in [2.05, 4.69) is 40.9 Å². The zero-order valence-electron chi connectivity index (χ0n) is 9.62. The Morgan fingerprint density at radius 3 is 2.67 bits per heavy atom. The lowest BCUT2D eigenvalue weighted by Crippen LogP contribution is -2.27. The Labute approximate surface area is 90.1 Å². The molecule has 2 rings (SSSR count). The predicted molar refractivity (Wildman–Crippen MR) is 59.9 cm³/mol. The summed E-state index contributed by atoms with van der Waals surface area (Å²) in [6, 6.07) is 0.265. The van der Waals surface area contributed by atoms with Crippen molar-refractivity contribution in [1.82, 2.24) is 15.2 Å². The number of aromatic amines is 1. The third kappa shape index (κ3) is 2.12. The minimum absolute atomic E-state index is 0.0209. The molecule has 0 aromatic carbocycles. The number of nitrogens with zero attached hydrogens (tertiary/aromatic N) is 3. The van der Waals surface area contributed by atoms with Crippen LogP contribution in [-0.2, 0) is 5.41 Å². The third-order valence-electron chi connectivity index (χ3n) is 2.69. The summed E-state index contributed by atoms with van der Waals surface area (Å²) in [4.78, 5) is 6.64. The van der Waals surface area contributed by atoms with Crippen LogP contribution in [0, 0.1) is 0 Å². The Bertz CT molecular complexity index is 338. The van der Waals surface area contributed by atoms with Crippen molar-refractivity contribution >= 4 is 5.95 Å². The summed E-state index contributed by atoms with van der Waals surface area (Å²) in [5.41, 5.74) is 5.87. The maximum atomic E-state index is 5.85. The molecular weight excluding hydrogens is 190 g/mol. The molecule has 0 radical (unpaired) electrons. The number of hydrogen-bond acceptors (Lipinski definition) is 4. The molecule has 0 saturated carbocycles. The van der Waals surface area contributed by atoms with Crippen LogP contribution in [0.5, 0.6) is 0 Å². The van der Waals surface area contributed by atoms with Crippen molar-refractivity contribution in [3.8, 4) is 0 Å². The summed E-state index contributed by atoms with van der Waals surface area (Å²) in [5.74, 6) is 1.71. The molecule has 3 N–H and O–H groups in total. The molecule has 1 aliphatic heterocycles. The van der Waals surface area contributed by atoms with E-state index in [9.17, 15) is 0 Å². The van der Waals surface area contributed by atoms with E-state index < -0.39 is 0 Å². The van der Waals surface area contributed by atoms with E-state index in [0.29, 0.717) is 0 Å². The monoisotopic (exact) mass is 209 g/mol. The second-order valence-corrected chi connectivity index (χ2v) is 5.23. The van der Waals surface area contributed by atoms with Crippen molar-refractivity contribution in [2.24, 2.45) is 5.73 Å². The highest BCUT2D eigenvalue weighted by Gasteiger charge is 2.25. The van der Waals surface area contributed by atoms with Crippen LogP contribution < -0.4 is 10.6 Å². The zero-order valence-corrected chi connectivity index (χ0v) is 9.62. The molecule has 1 aliphatic rings. The van der Waals surface area contributed by atoms with E-state index in [4.69, 9.17) is 5.73 Å². The van der Waals surface area contributed by atoms with Gasteiger partial charge in [0.1, 0.15) is 5.82 Å². The van der Waals surface area contributed by atoms with Crippen LogP contribution in [0.2, 0.25) is 0 Å². The summed E-state index contributed by atoms with van der Waals surface area (Å²) < 4.78 is 0. The Morgan fingerprint density at radius 1 is 1.47 bits per heavy atom. The molecule has 1 aromatic rings. The molecule has 15 heavy (non-hydrogen) atoms. The van der Waals surface area contributed by atoms with Crippen molar-refractivity contribution < 1.29 is 0 Å². The predicted octanol–water partition coefficient (Wildman–Crippen LogP) is 0.640. The molecule has 5 heteroatoms. The van der Waals surface area contributed by atoms with Crippen LogP contribution in [0.3, 0.4) is 0 Å². The quantitative estimate of drug-likeness (QED) is 0.712. The number of anilines is 1. The van der Waals surface area contributed by atoms with Crippen molar-refractivity contribution in [1.29, 1.82) is 0 Å². The zero-order chi connectivity index (χ0) is 11.1. The second kappa shape index (κ2) is 3.48. The topological polar surface area (TPSA) is 70.8 Å². The lowest BCUT2D eigenvalue weighted by molar-refractivity contribution is 0.548. The van der Waals surface area contributed by atoms with Crippen LogP contribution in [0.25, 0.3) is 0 Å². The first-order chi connectivity index (χ1) is 6.97. The van der Waals surface area contributed by atoms with E-state index in [1.54, 1.807) is 0 Å². The smallest absolute Gasteiger partial charge is 0.244 e. The Kier molecular flexibility index (Phi) is 2.42. The largest absolute Gasteiger partial charge is 0.338 e. The number of aromatic nitrogens is 3. The fourth-order valence-electron chi connectivity index (χ4n) is 1.70. The van der Waals surface area contributed by atoms with Gasteiger partial charge in [-0.3, -0.25) is 5.10 Å². The highest BCUT2D eigenvalue weighted by molar-refractivity contribution is 5.32. The van der Waals surface area contributed by atoms with Crippen molar-refractivity contribution in [3.05, 3.63) is 5.82 Å². The summed E-state index contributed by atoms with van der Waals surface area (Å²) in [6.07, 6.45) is 1.03. The number of hydrogen-bond donors (Lipinski definition) is 2. The Balaban J connectivity index is 2.14. The van der Waals surface area contributed by atoms with E-state index in [-0.39, 0.29) is 11.5 Å². The lowest BCUT2D eigenvalue weighted by atomic mass is 9.96. The van der Waals surface area contributed by atoms with Gasteiger partial charge in [0.2, 0.25) is 5.95 Å². The van der Waals surface area contributed by atoms with Crippen molar-refractivity contribution in [3.63, 3.8) is 0 Å². The molecule has 0 spiro atoms. The van der Waals surface area contributed by atoms with Crippen LogP contribution >= 0.6 is 0 Å². The second-order valence-electron chi connectivity index (χ2n) is 5.23. The van der Waals surface area contributed by atoms with Gasteiger partial charge in [-0.05, 0) is 6.42 Å². The molecule has 1 atom stereocenters.